The first-order chi connectivity index (χ1) is 9.29. The van der Waals surface area contributed by atoms with Gasteiger partial charge >= 0.3 is 0 Å². The van der Waals surface area contributed by atoms with Crippen LogP contribution in [0.4, 0.5) is 0 Å². The average molecular weight is 316 g/mol. The van der Waals surface area contributed by atoms with Crippen LogP contribution in [0, 0.1) is 11.8 Å². The predicted octanol–water partition coefficient (Wildman–Crippen LogP) is 4.79. The van der Waals surface area contributed by atoms with Crippen LogP contribution in [-0.2, 0) is 0 Å². The van der Waals surface area contributed by atoms with Gasteiger partial charge in [0.1, 0.15) is 0 Å². The molecule has 1 aromatic carbocycles. The van der Waals surface area contributed by atoms with Gasteiger partial charge in [0.05, 0.1) is 16.6 Å². The minimum absolute atomic E-state index is 0.0878. The van der Waals surface area contributed by atoms with Gasteiger partial charge in [0.15, 0.2) is 5.78 Å². The highest BCUT2D eigenvalue weighted by Gasteiger charge is 2.15. The predicted molar refractivity (Wildman–Crippen MR) is 86.9 cm³/mol. The summed E-state index contributed by atoms with van der Waals surface area (Å²) in [5, 5.41) is 0.904. The van der Waals surface area contributed by atoms with Crippen LogP contribution in [0.2, 0.25) is 10.0 Å². The van der Waals surface area contributed by atoms with Gasteiger partial charge in [-0.1, -0.05) is 50.9 Å². The summed E-state index contributed by atoms with van der Waals surface area (Å²) in [6.07, 6.45) is 0. The van der Waals surface area contributed by atoms with Crippen LogP contribution in [0.15, 0.2) is 18.2 Å². The van der Waals surface area contributed by atoms with Crippen molar-refractivity contribution in [2.45, 2.75) is 27.7 Å². The van der Waals surface area contributed by atoms with E-state index in [0.717, 1.165) is 13.1 Å². The van der Waals surface area contributed by atoms with Crippen molar-refractivity contribution in [2.24, 2.45) is 11.8 Å². The van der Waals surface area contributed by atoms with Gasteiger partial charge in [0, 0.05) is 18.7 Å². The van der Waals surface area contributed by atoms with Gasteiger partial charge in [0.2, 0.25) is 0 Å². The number of ketones is 1. The molecule has 0 fully saturated rings. The second-order valence-electron chi connectivity index (χ2n) is 6.03. The highest BCUT2D eigenvalue weighted by atomic mass is 35.5. The van der Waals surface area contributed by atoms with Crippen LogP contribution in [0.5, 0.6) is 0 Å². The van der Waals surface area contributed by atoms with E-state index in [4.69, 9.17) is 23.2 Å². The monoisotopic (exact) mass is 315 g/mol. The Morgan fingerprint density at radius 3 is 2.05 bits per heavy atom. The fourth-order valence-electron chi connectivity index (χ4n) is 2.20. The molecule has 4 heteroatoms. The molecule has 0 amide bonds. The molecule has 2 nitrogen and oxygen atoms in total. The molecule has 0 saturated heterocycles. The lowest BCUT2D eigenvalue weighted by molar-refractivity contribution is 0.0912. The zero-order valence-electron chi connectivity index (χ0n) is 12.6. The average Bonchev–Trinajstić information content (AvgIpc) is 2.30. The van der Waals surface area contributed by atoms with E-state index in [2.05, 4.69) is 32.6 Å². The molecule has 0 aromatic heterocycles. The van der Waals surface area contributed by atoms with Gasteiger partial charge < -0.3 is 0 Å². The Morgan fingerprint density at radius 2 is 1.60 bits per heavy atom. The summed E-state index contributed by atoms with van der Waals surface area (Å²) >= 11 is 11.8. The van der Waals surface area contributed by atoms with Crippen LogP contribution in [-0.4, -0.2) is 30.3 Å². The van der Waals surface area contributed by atoms with Crippen LogP contribution in [0.25, 0.3) is 0 Å². The number of hydrogen-bond donors (Lipinski definition) is 0. The Labute approximate surface area is 132 Å². The zero-order valence-corrected chi connectivity index (χ0v) is 14.1. The van der Waals surface area contributed by atoms with Crippen molar-refractivity contribution < 1.29 is 4.79 Å². The molecule has 20 heavy (non-hydrogen) atoms. The summed E-state index contributed by atoms with van der Waals surface area (Å²) in [4.78, 5) is 14.5. The van der Waals surface area contributed by atoms with Crippen LogP contribution in [0.3, 0.4) is 0 Å². The molecule has 1 rings (SSSR count). The van der Waals surface area contributed by atoms with Crippen molar-refractivity contribution in [2.75, 3.05) is 19.6 Å². The number of benzene rings is 1. The summed E-state index contributed by atoms with van der Waals surface area (Å²) in [6.45, 7) is 10.9. The van der Waals surface area contributed by atoms with E-state index in [0.29, 0.717) is 34.0 Å². The minimum Gasteiger partial charge on any atom is -0.295 e. The van der Waals surface area contributed by atoms with Gasteiger partial charge in [-0.25, -0.2) is 0 Å². The summed E-state index contributed by atoms with van der Waals surface area (Å²) in [5.41, 5.74) is 0.622. The van der Waals surface area contributed by atoms with E-state index in [1.165, 1.54) is 0 Å². The lowest BCUT2D eigenvalue weighted by Crippen LogP contribution is -2.35. The SMILES string of the molecule is CC(C)CN(CC(=O)c1ccc(Cl)c(Cl)c1)CC(C)C. The Balaban J connectivity index is 2.76. The number of carbonyl (C=O) groups excluding carboxylic acids is 1. The van der Waals surface area contributed by atoms with Crippen molar-refractivity contribution >= 4 is 29.0 Å². The normalized spacial score (nSPS) is 11.7. The molecule has 0 saturated carbocycles. The Kier molecular flexibility index (Phi) is 7.01. The fourth-order valence-corrected chi connectivity index (χ4v) is 2.50. The van der Waals surface area contributed by atoms with E-state index in [9.17, 15) is 4.79 Å². The van der Waals surface area contributed by atoms with Crippen molar-refractivity contribution in [1.29, 1.82) is 0 Å². The summed E-state index contributed by atoms with van der Waals surface area (Å²) < 4.78 is 0. The first kappa shape index (κ1) is 17.5. The lowest BCUT2D eigenvalue weighted by atomic mass is 10.1. The van der Waals surface area contributed by atoms with E-state index < -0.39 is 0 Å². The topological polar surface area (TPSA) is 20.3 Å². The third kappa shape index (κ3) is 5.82. The second-order valence-corrected chi connectivity index (χ2v) is 6.85. The maximum atomic E-state index is 12.3. The number of nitrogens with zero attached hydrogens (tertiary/aromatic N) is 1. The molecule has 1 aromatic rings. The molecular formula is C16H23Cl2NO. The quantitative estimate of drug-likeness (QED) is 0.674. The summed E-state index contributed by atoms with van der Waals surface area (Å²) in [5.74, 6) is 1.16. The van der Waals surface area contributed by atoms with Crippen LogP contribution < -0.4 is 0 Å². The second kappa shape index (κ2) is 8.02. The molecule has 0 unspecified atom stereocenters. The maximum absolute atomic E-state index is 12.3. The molecule has 0 aliphatic carbocycles. The van der Waals surface area contributed by atoms with Gasteiger partial charge in [-0.05, 0) is 30.0 Å². The van der Waals surface area contributed by atoms with Gasteiger partial charge in [0.25, 0.3) is 0 Å². The molecule has 0 aliphatic rings. The summed E-state index contributed by atoms with van der Waals surface area (Å²) in [6, 6.07) is 5.06. The van der Waals surface area contributed by atoms with Crippen molar-refractivity contribution in [3.05, 3.63) is 33.8 Å². The smallest absolute Gasteiger partial charge is 0.176 e. The molecule has 0 radical (unpaired) electrons. The minimum atomic E-state index is 0.0878. The zero-order chi connectivity index (χ0) is 15.3. The third-order valence-corrected chi connectivity index (χ3v) is 3.59. The van der Waals surface area contributed by atoms with E-state index >= 15 is 0 Å². The number of hydrogen-bond acceptors (Lipinski definition) is 2. The van der Waals surface area contributed by atoms with E-state index in [1.54, 1.807) is 18.2 Å². The Morgan fingerprint density at radius 1 is 1.05 bits per heavy atom. The van der Waals surface area contributed by atoms with Crippen molar-refractivity contribution in [1.82, 2.24) is 4.90 Å². The highest BCUT2D eigenvalue weighted by Crippen LogP contribution is 2.23. The molecule has 0 atom stereocenters. The highest BCUT2D eigenvalue weighted by molar-refractivity contribution is 6.42. The fraction of sp³-hybridized carbons (Fsp3) is 0.562. The number of rotatable bonds is 7. The molecule has 0 N–H and O–H groups in total. The molecule has 0 heterocycles. The first-order valence-electron chi connectivity index (χ1n) is 7.00. The largest absolute Gasteiger partial charge is 0.295 e. The first-order valence-corrected chi connectivity index (χ1v) is 7.75. The van der Waals surface area contributed by atoms with Crippen LogP contribution in [0.1, 0.15) is 38.1 Å². The van der Waals surface area contributed by atoms with Crippen LogP contribution >= 0.6 is 23.2 Å². The summed E-state index contributed by atoms with van der Waals surface area (Å²) in [7, 11) is 0. The maximum Gasteiger partial charge on any atom is 0.176 e. The van der Waals surface area contributed by atoms with Crippen molar-refractivity contribution in [3.8, 4) is 0 Å². The number of halogens is 2. The Bertz CT molecular complexity index is 448. The number of carbonyl (C=O) groups is 1. The molecule has 0 aliphatic heterocycles. The Hall–Kier alpha value is -0.570. The van der Waals surface area contributed by atoms with E-state index in [1.807, 2.05) is 0 Å². The molecule has 0 bridgehead atoms. The van der Waals surface area contributed by atoms with E-state index in [-0.39, 0.29) is 5.78 Å². The standard InChI is InChI=1S/C16H23Cl2NO/c1-11(2)8-19(9-12(3)4)10-16(20)13-5-6-14(17)15(18)7-13/h5-7,11-12H,8-10H2,1-4H3. The molecular weight excluding hydrogens is 293 g/mol. The van der Waals surface area contributed by atoms with Gasteiger partial charge in [-0.3, -0.25) is 9.69 Å². The molecule has 0 spiro atoms. The third-order valence-electron chi connectivity index (χ3n) is 2.86. The van der Waals surface area contributed by atoms with Gasteiger partial charge in [-0.2, -0.15) is 0 Å². The lowest BCUT2D eigenvalue weighted by Gasteiger charge is -2.25. The van der Waals surface area contributed by atoms with Crippen molar-refractivity contribution in [3.63, 3.8) is 0 Å². The molecule has 112 valence electrons. The van der Waals surface area contributed by atoms with Gasteiger partial charge in [-0.15, -0.1) is 0 Å². The number of Topliss-reactive ketones (excluding diaryl/α,β-unsaturated/α-hetero) is 1.